The van der Waals surface area contributed by atoms with E-state index in [9.17, 15) is 4.39 Å². The van der Waals surface area contributed by atoms with E-state index in [1.165, 1.54) is 6.07 Å². The summed E-state index contributed by atoms with van der Waals surface area (Å²) in [7, 11) is 0. The van der Waals surface area contributed by atoms with E-state index in [2.05, 4.69) is 29.5 Å². The van der Waals surface area contributed by atoms with Gasteiger partial charge in [0.05, 0.1) is 11.6 Å². The van der Waals surface area contributed by atoms with E-state index in [-0.39, 0.29) is 5.02 Å². The van der Waals surface area contributed by atoms with Gasteiger partial charge in [0.1, 0.15) is 5.82 Å². The van der Waals surface area contributed by atoms with Crippen LogP contribution in [0.1, 0.15) is 26.3 Å². The molecule has 0 heterocycles. The third-order valence-electron chi connectivity index (χ3n) is 2.43. The third-order valence-corrected chi connectivity index (χ3v) is 2.72. The Morgan fingerprint density at radius 1 is 1.37 bits per heavy atom. The Bertz CT molecular complexity index is 433. The molecule has 1 aromatic rings. The highest BCUT2D eigenvalue weighted by Crippen LogP contribution is 2.16. The average molecular weight is 286 g/mol. The van der Waals surface area contributed by atoms with E-state index < -0.39 is 5.82 Å². The third kappa shape index (κ3) is 5.92. The van der Waals surface area contributed by atoms with E-state index in [0.29, 0.717) is 12.5 Å². The van der Waals surface area contributed by atoms with Crippen LogP contribution in [0.15, 0.2) is 23.2 Å². The van der Waals surface area contributed by atoms with Crippen LogP contribution in [-0.4, -0.2) is 19.0 Å². The summed E-state index contributed by atoms with van der Waals surface area (Å²) in [5.41, 5.74) is 0.883. The molecule has 1 aromatic carbocycles. The minimum Gasteiger partial charge on any atom is -0.357 e. The van der Waals surface area contributed by atoms with Crippen LogP contribution in [0.3, 0.4) is 0 Å². The lowest BCUT2D eigenvalue weighted by molar-refractivity contribution is 0.614. The molecule has 0 spiro atoms. The van der Waals surface area contributed by atoms with Crippen molar-refractivity contribution in [3.63, 3.8) is 0 Å². The summed E-state index contributed by atoms with van der Waals surface area (Å²) >= 11 is 5.74. The van der Waals surface area contributed by atoms with Crippen molar-refractivity contribution in [1.29, 1.82) is 0 Å². The Morgan fingerprint density at radius 2 is 2.11 bits per heavy atom. The van der Waals surface area contributed by atoms with E-state index in [1.54, 1.807) is 12.1 Å². The molecule has 1 rings (SSSR count). The smallest absolute Gasteiger partial charge is 0.191 e. The van der Waals surface area contributed by atoms with Crippen LogP contribution in [-0.2, 0) is 6.54 Å². The Morgan fingerprint density at radius 3 is 2.68 bits per heavy atom. The minimum atomic E-state index is -0.403. The number of nitrogens with one attached hydrogen (secondary N) is 2. The molecule has 19 heavy (non-hydrogen) atoms. The maximum Gasteiger partial charge on any atom is 0.191 e. The maximum atomic E-state index is 13.0. The molecule has 0 radical (unpaired) electrons. The van der Waals surface area contributed by atoms with Gasteiger partial charge in [-0.3, -0.25) is 0 Å². The number of hydrogen-bond donors (Lipinski definition) is 2. The number of aliphatic imine (C=N–C) groups is 1. The Kier molecular flexibility index (Phi) is 6.64. The van der Waals surface area contributed by atoms with Crippen molar-refractivity contribution >= 4 is 17.6 Å². The number of halogens is 2. The van der Waals surface area contributed by atoms with Crippen molar-refractivity contribution in [2.45, 2.75) is 27.3 Å². The van der Waals surface area contributed by atoms with E-state index in [1.807, 2.05) is 6.92 Å². The lowest BCUT2D eigenvalue weighted by atomic mass is 10.2. The zero-order valence-electron chi connectivity index (χ0n) is 11.6. The van der Waals surface area contributed by atoms with Crippen LogP contribution in [0.2, 0.25) is 5.02 Å². The molecular formula is C14H21ClFN3. The lowest BCUT2D eigenvalue weighted by Crippen LogP contribution is -2.39. The highest BCUT2D eigenvalue weighted by Gasteiger charge is 2.02. The van der Waals surface area contributed by atoms with Gasteiger partial charge in [-0.2, -0.15) is 0 Å². The first kappa shape index (κ1) is 15.8. The molecule has 0 unspecified atom stereocenters. The lowest BCUT2D eigenvalue weighted by Gasteiger charge is -2.13. The van der Waals surface area contributed by atoms with Crippen molar-refractivity contribution < 1.29 is 4.39 Å². The van der Waals surface area contributed by atoms with Crippen molar-refractivity contribution in [2.24, 2.45) is 10.9 Å². The molecule has 0 fully saturated rings. The van der Waals surface area contributed by atoms with E-state index in [4.69, 9.17) is 11.6 Å². The largest absolute Gasteiger partial charge is 0.357 e. The van der Waals surface area contributed by atoms with E-state index in [0.717, 1.165) is 24.6 Å². The van der Waals surface area contributed by atoms with Gasteiger partial charge >= 0.3 is 0 Å². The topological polar surface area (TPSA) is 36.4 Å². The molecule has 0 amide bonds. The number of guanidine groups is 1. The van der Waals surface area contributed by atoms with Crippen LogP contribution >= 0.6 is 11.6 Å². The Balaban J connectivity index is 2.65. The molecule has 0 aliphatic rings. The zero-order chi connectivity index (χ0) is 14.3. The van der Waals surface area contributed by atoms with E-state index >= 15 is 0 Å². The molecule has 0 saturated carbocycles. The zero-order valence-corrected chi connectivity index (χ0v) is 12.4. The van der Waals surface area contributed by atoms with Gasteiger partial charge in [0.15, 0.2) is 5.96 Å². The first-order valence-electron chi connectivity index (χ1n) is 6.49. The highest BCUT2D eigenvalue weighted by atomic mass is 35.5. The van der Waals surface area contributed by atoms with Gasteiger partial charge in [-0.15, -0.1) is 0 Å². The summed E-state index contributed by atoms with van der Waals surface area (Å²) < 4.78 is 13.0. The van der Waals surface area contributed by atoms with Gasteiger partial charge < -0.3 is 10.6 Å². The summed E-state index contributed by atoms with van der Waals surface area (Å²) in [6, 6.07) is 4.66. The van der Waals surface area contributed by atoms with Crippen LogP contribution in [0, 0.1) is 11.7 Å². The summed E-state index contributed by atoms with van der Waals surface area (Å²) in [4.78, 5) is 4.44. The minimum absolute atomic E-state index is 0.132. The highest BCUT2D eigenvalue weighted by molar-refractivity contribution is 6.30. The molecule has 0 atom stereocenters. The average Bonchev–Trinajstić information content (AvgIpc) is 2.36. The molecule has 0 aliphatic carbocycles. The fourth-order valence-electron chi connectivity index (χ4n) is 1.45. The van der Waals surface area contributed by atoms with Crippen LogP contribution in [0.5, 0.6) is 0 Å². The first-order valence-corrected chi connectivity index (χ1v) is 6.86. The molecule has 2 N–H and O–H groups in total. The van der Waals surface area contributed by atoms with Gasteiger partial charge in [-0.25, -0.2) is 9.38 Å². The van der Waals surface area contributed by atoms with Gasteiger partial charge in [-0.1, -0.05) is 31.5 Å². The molecule has 0 aromatic heterocycles. The summed E-state index contributed by atoms with van der Waals surface area (Å²) in [5.74, 6) is 0.903. The van der Waals surface area contributed by atoms with Gasteiger partial charge in [0.2, 0.25) is 0 Å². The first-order chi connectivity index (χ1) is 9.02. The quantitative estimate of drug-likeness (QED) is 0.644. The fraction of sp³-hybridized carbons (Fsp3) is 0.500. The number of rotatable bonds is 5. The summed E-state index contributed by atoms with van der Waals surface area (Å²) in [5, 5.41) is 6.55. The Labute approximate surface area is 119 Å². The fourth-order valence-corrected chi connectivity index (χ4v) is 1.65. The van der Waals surface area contributed by atoms with Crippen LogP contribution in [0.25, 0.3) is 0 Å². The normalized spacial score (nSPS) is 11.8. The second kappa shape index (κ2) is 8.00. The predicted molar refractivity (Wildman–Crippen MR) is 79.1 cm³/mol. The standard InChI is InChI=1S/C14H21ClFN3/c1-4-17-14(18-8-10(2)3)19-9-11-5-6-13(16)12(15)7-11/h5-7,10H,4,8-9H2,1-3H3,(H2,17,18,19). The number of hydrogen-bond acceptors (Lipinski definition) is 1. The molecule has 0 aliphatic heterocycles. The molecule has 0 saturated heterocycles. The van der Waals surface area contributed by atoms with Crippen molar-refractivity contribution in [1.82, 2.24) is 10.6 Å². The number of nitrogens with zero attached hydrogens (tertiary/aromatic N) is 1. The Hall–Kier alpha value is -1.29. The van der Waals surface area contributed by atoms with Gasteiger partial charge in [0, 0.05) is 13.1 Å². The van der Waals surface area contributed by atoms with Crippen LogP contribution < -0.4 is 10.6 Å². The number of benzene rings is 1. The predicted octanol–water partition coefficient (Wildman–Crippen LogP) is 3.19. The summed E-state index contributed by atoms with van der Waals surface area (Å²) in [6.45, 7) is 8.41. The maximum absolute atomic E-state index is 13.0. The molecule has 106 valence electrons. The monoisotopic (exact) mass is 285 g/mol. The second-order valence-electron chi connectivity index (χ2n) is 4.72. The molecular weight excluding hydrogens is 265 g/mol. The van der Waals surface area contributed by atoms with Gasteiger partial charge in [0.25, 0.3) is 0 Å². The van der Waals surface area contributed by atoms with Crippen molar-refractivity contribution in [2.75, 3.05) is 13.1 Å². The molecule has 0 bridgehead atoms. The molecule has 5 heteroatoms. The van der Waals surface area contributed by atoms with Crippen molar-refractivity contribution in [3.05, 3.63) is 34.6 Å². The second-order valence-corrected chi connectivity index (χ2v) is 5.13. The SMILES string of the molecule is CCNC(=NCc1ccc(F)c(Cl)c1)NCC(C)C. The van der Waals surface area contributed by atoms with Crippen molar-refractivity contribution in [3.8, 4) is 0 Å². The summed E-state index contributed by atoms with van der Waals surface area (Å²) in [6.07, 6.45) is 0. The van der Waals surface area contributed by atoms with Gasteiger partial charge in [-0.05, 0) is 30.5 Å². The van der Waals surface area contributed by atoms with Crippen LogP contribution in [0.4, 0.5) is 4.39 Å². The molecule has 3 nitrogen and oxygen atoms in total.